The van der Waals surface area contributed by atoms with Gasteiger partial charge in [0.05, 0.1) is 0 Å². The fourth-order valence-corrected chi connectivity index (χ4v) is 6.16. The first kappa shape index (κ1) is 26.8. The summed E-state index contributed by atoms with van der Waals surface area (Å²) in [5.74, 6) is 0.0673. The van der Waals surface area contributed by atoms with Crippen LogP contribution in [-0.4, -0.2) is 54.5 Å². The van der Waals surface area contributed by atoms with Crippen LogP contribution < -0.4 is 14.7 Å². The monoisotopic (exact) mass is 547 g/mol. The first-order valence-corrected chi connectivity index (χ1v) is 14.5. The lowest BCUT2D eigenvalue weighted by Crippen LogP contribution is -2.46. The number of rotatable bonds is 6. The fourth-order valence-electron chi connectivity index (χ4n) is 6.16. The van der Waals surface area contributed by atoms with Crippen molar-refractivity contribution < 1.29 is 9.59 Å². The summed E-state index contributed by atoms with van der Waals surface area (Å²) in [7, 11) is 1.69. The van der Waals surface area contributed by atoms with Crippen molar-refractivity contribution in [2.45, 2.75) is 39.7 Å². The zero-order valence-electron chi connectivity index (χ0n) is 24.1. The third kappa shape index (κ3) is 5.36. The number of likely N-dealkylation sites (N-methyl/N-ethyl adjacent to an activating group) is 1. The molecule has 0 saturated carbocycles. The SMILES string of the molecule is Cc1cc(C)nc(N2CCN(c3ccc(N(C)C(=O)C(=O)c4c(-c5ccccc5)cc5n4CCCC5)cc3)CC2)c1. The third-order valence-electron chi connectivity index (χ3n) is 8.34. The van der Waals surface area contributed by atoms with Crippen molar-refractivity contribution in [3.8, 4) is 11.1 Å². The molecule has 0 spiro atoms. The van der Waals surface area contributed by atoms with Crippen LogP contribution in [0.1, 0.15) is 40.3 Å². The predicted molar refractivity (Wildman–Crippen MR) is 165 cm³/mol. The predicted octanol–water partition coefficient (Wildman–Crippen LogP) is 5.68. The number of pyridine rings is 1. The molecule has 7 nitrogen and oxygen atoms in total. The number of hydrogen-bond donors (Lipinski definition) is 0. The van der Waals surface area contributed by atoms with Crippen LogP contribution in [0.5, 0.6) is 0 Å². The number of piperazine rings is 1. The van der Waals surface area contributed by atoms with Gasteiger partial charge in [0, 0.05) is 68.1 Å². The molecule has 2 aromatic carbocycles. The Balaban J connectivity index is 1.16. The van der Waals surface area contributed by atoms with Crippen molar-refractivity contribution >= 4 is 28.9 Å². The summed E-state index contributed by atoms with van der Waals surface area (Å²) in [5, 5.41) is 0. The van der Waals surface area contributed by atoms with E-state index in [1.807, 2.05) is 61.5 Å². The van der Waals surface area contributed by atoms with E-state index in [4.69, 9.17) is 4.98 Å². The van der Waals surface area contributed by atoms with Gasteiger partial charge >= 0.3 is 5.91 Å². The molecule has 2 aliphatic heterocycles. The van der Waals surface area contributed by atoms with Crippen molar-refractivity contribution in [3.63, 3.8) is 0 Å². The zero-order chi connectivity index (χ0) is 28.5. The quantitative estimate of drug-likeness (QED) is 0.230. The molecular formula is C34H37N5O2. The van der Waals surface area contributed by atoms with Gasteiger partial charge in [-0.05, 0) is 86.7 Å². The molecule has 6 rings (SSSR count). The number of aryl methyl sites for hydroxylation is 3. The standard InChI is InChI=1S/C34H37N5O2/c1-24-21-25(2)35-31(22-24)38-19-17-37(18-20-38)28-14-12-27(13-15-28)36(3)34(41)33(40)32-30(26-9-5-4-6-10-26)23-29-11-7-8-16-39(29)32/h4-6,9-10,12-15,21-23H,7-8,11,16-20H2,1-3H3. The molecule has 1 fully saturated rings. The van der Waals surface area contributed by atoms with E-state index in [0.717, 1.165) is 86.0 Å². The highest BCUT2D eigenvalue weighted by atomic mass is 16.2. The van der Waals surface area contributed by atoms with Crippen LogP contribution in [0, 0.1) is 13.8 Å². The van der Waals surface area contributed by atoms with Gasteiger partial charge in [-0.1, -0.05) is 30.3 Å². The van der Waals surface area contributed by atoms with Gasteiger partial charge in [-0.15, -0.1) is 0 Å². The van der Waals surface area contributed by atoms with Gasteiger partial charge < -0.3 is 19.3 Å². The Hall–Kier alpha value is -4.39. The lowest BCUT2D eigenvalue weighted by Gasteiger charge is -2.37. The number of carbonyl (C=O) groups excluding carboxylic acids is 2. The summed E-state index contributed by atoms with van der Waals surface area (Å²) < 4.78 is 2.07. The molecule has 4 aromatic rings. The van der Waals surface area contributed by atoms with E-state index in [0.29, 0.717) is 11.4 Å². The summed E-state index contributed by atoms with van der Waals surface area (Å²) >= 11 is 0. The van der Waals surface area contributed by atoms with Crippen molar-refractivity contribution in [1.82, 2.24) is 9.55 Å². The van der Waals surface area contributed by atoms with E-state index in [1.165, 1.54) is 10.5 Å². The van der Waals surface area contributed by atoms with Crippen LogP contribution >= 0.6 is 0 Å². The van der Waals surface area contributed by atoms with Crippen LogP contribution in [0.15, 0.2) is 72.8 Å². The average Bonchev–Trinajstić information content (AvgIpc) is 3.40. The minimum absolute atomic E-state index is 0.459. The molecule has 210 valence electrons. The number of nitrogens with zero attached hydrogens (tertiary/aromatic N) is 5. The van der Waals surface area contributed by atoms with Gasteiger partial charge in [0.2, 0.25) is 0 Å². The Kier molecular flexibility index (Phi) is 7.35. The molecule has 0 unspecified atom stereocenters. The first-order chi connectivity index (χ1) is 19.9. The van der Waals surface area contributed by atoms with E-state index >= 15 is 0 Å². The Morgan fingerprint density at radius 2 is 1.51 bits per heavy atom. The van der Waals surface area contributed by atoms with Crippen LogP contribution in [0.25, 0.3) is 11.1 Å². The van der Waals surface area contributed by atoms with Crippen LogP contribution in [-0.2, 0) is 17.8 Å². The summed E-state index contributed by atoms with van der Waals surface area (Å²) in [6.45, 7) is 8.50. The molecule has 2 aliphatic rings. The number of benzene rings is 2. The van der Waals surface area contributed by atoms with Crippen molar-refractivity contribution in [1.29, 1.82) is 0 Å². The zero-order valence-corrected chi connectivity index (χ0v) is 24.1. The number of hydrogen-bond acceptors (Lipinski definition) is 5. The molecule has 0 N–H and O–H groups in total. The maximum absolute atomic E-state index is 13.8. The molecular weight excluding hydrogens is 510 g/mol. The minimum Gasteiger partial charge on any atom is -0.368 e. The van der Waals surface area contributed by atoms with Crippen LogP contribution in [0.4, 0.5) is 17.2 Å². The number of anilines is 3. The highest BCUT2D eigenvalue weighted by Crippen LogP contribution is 2.32. The highest BCUT2D eigenvalue weighted by molar-refractivity contribution is 6.47. The summed E-state index contributed by atoms with van der Waals surface area (Å²) in [6.07, 6.45) is 3.04. The normalized spacial score (nSPS) is 15.0. The van der Waals surface area contributed by atoms with Gasteiger partial charge in [0.1, 0.15) is 11.5 Å². The molecule has 1 saturated heterocycles. The van der Waals surface area contributed by atoms with Crippen molar-refractivity contribution in [2.75, 3.05) is 47.9 Å². The van der Waals surface area contributed by atoms with E-state index in [2.05, 4.69) is 39.5 Å². The smallest absolute Gasteiger partial charge is 0.300 e. The second-order valence-electron chi connectivity index (χ2n) is 11.2. The second kappa shape index (κ2) is 11.2. The second-order valence-corrected chi connectivity index (χ2v) is 11.2. The highest BCUT2D eigenvalue weighted by Gasteiger charge is 2.30. The van der Waals surface area contributed by atoms with E-state index in [-0.39, 0.29) is 0 Å². The molecule has 0 radical (unpaired) electrons. The third-order valence-corrected chi connectivity index (χ3v) is 8.34. The average molecular weight is 548 g/mol. The van der Waals surface area contributed by atoms with Gasteiger partial charge in [-0.2, -0.15) is 0 Å². The maximum atomic E-state index is 13.8. The molecule has 0 aliphatic carbocycles. The van der Waals surface area contributed by atoms with Crippen molar-refractivity contribution in [3.05, 3.63) is 95.4 Å². The molecule has 4 heterocycles. The van der Waals surface area contributed by atoms with Crippen molar-refractivity contribution in [2.24, 2.45) is 0 Å². The lowest BCUT2D eigenvalue weighted by atomic mass is 10.0. The molecule has 1 amide bonds. The number of amides is 1. The Morgan fingerprint density at radius 3 is 2.22 bits per heavy atom. The molecule has 0 atom stereocenters. The van der Waals surface area contributed by atoms with Crippen LogP contribution in [0.3, 0.4) is 0 Å². The molecule has 2 aromatic heterocycles. The number of fused-ring (bicyclic) bond motifs is 1. The van der Waals surface area contributed by atoms with Gasteiger partial charge in [-0.3, -0.25) is 9.59 Å². The van der Waals surface area contributed by atoms with E-state index < -0.39 is 11.7 Å². The minimum atomic E-state index is -0.518. The largest absolute Gasteiger partial charge is 0.368 e. The van der Waals surface area contributed by atoms with Gasteiger partial charge in [-0.25, -0.2) is 4.98 Å². The van der Waals surface area contributed by atoms with Crippen LogP contribution in [0.2, 0.25) is 0 Å². The summed E-state index contributed by atoms with van der Waals surface area (Å²) in [4.78, 5) is 38.2. The Bertz CT molecular complexity index is 1550. The maximum Gasteiger partial charge on any atom is 0.300 e. The Labute approximate surface area is 242 Å². The number of aromatic nitrogens is 2. The van der Waals surface area contributed by atoms with E-state index in [9.17, 15) is 9.59 Å². The Morgan fingerprint density at radius 1 is 0.805 bits per heavy atom. The van der Waals surface area contributed by atoms with Gasteiger partial charge in [0.15, 0.2) is 0 Å². The lowest BCUT2D eigenvalue weighted by molar-refractivity contribution is -0.114. The van der Waals surface area contributed by atoms with E-state index in [1.54, 1.807) is 7.05 Å². The number of Topliss-reactive ketones (excluding diaryl/α,β-unsaturated/α-hetero) is 1. The number of carbonyl (C=O) groups is 2. The molecule has 0 bridgehead atoms. The number of ketones is 1. The summed E-state index contributed by atoms with van der Waals surface area (Å²) in [5.41, 5.74) is 7.55. The van der Waals surface area contributed by atoms with Gasteiger partial charge in [0.25, 0.3) is 5.78 Å². The molecule has 41 heavy (non-hydrogen) atoms. The summed E-state index contributed by atoms with van der Waals surface area (Å²) in [6, 6.07) is 24.2. The topological polar surface area (TPSA) is 61.7 Å². The molecule has 7 heteroatoms. The fraction of sp³-hybridized carbons (Fsp3) is 0.324. The first-order valence-electron chi connectivity index (χ1n) is 14.5.